The Morgan fingerprint density at radius 2 is 1.75 bits per heavy atom. The highest BCUT2D eigenvalue weighted by Crippen LogP contribution is 2.22. The zero-order chi connectivity index (χ0) is 18.9. The molecular weight excluding hydrogens is 376 g/mol. The van der Waals surface area contributed by atoms with Crippen LogP contribution in [-0.4, -0.2) is 48.4 Å². The molecule has 1 heterocycles. The molecule has 1 saturated heterocycles. The number of hydrogen-bond acceptors (Lipinski definition) is 4. The Hall–Kier alpha value is -2.37. The van der Waals surface area contributed by atoms with Crippen LogP contribution >= 0.6 is 12.4 Å². The molecule has 2 aromatic rings. The number of likely N-dealkylation sites (tertiary alicyclic amines) is 1. The number of rotatable bonds is 8. The summed E-state index contributed by atoms with van der Waals surface area (Å²) in [6, 6.07) is 20.4. The zero-order valence-corrected chi connectivity index (χ0v) is 16.6. The number of nitrogens with zero attached hydrogens (tertiary/aromatic N) is 2. The predicted molar refractivity (Wildman–Crippen MR) is 113 cm³/mol. The number of halogens is 1. The Bertz CT molecular complexity index is 700. The third-order valence-electron chi connectivity index (χ3n) is 4.96. The second kappa shape index (κ2) is 11.5. The first kappa shape index (κ1) is 21.9. The molecule has 5 nitrogen and oxygen atoms in total. The number of carboxylic acid groups (broad SMARTS) is 1. The summed E-state index contributed by atoms with van der Waals surface area (Å²) >= 11 is 0. The van der Waals surface area contributed by atoms with Gasteiger partial charge in [0.25, 0.3) is 0 Å². The Morgan fingerprint density at radius 3 is 2.32 bits per heavy atom. The lowest BCUT2D eigenvalue weighted by Crippen LogP contribution is -2.40. The zero-order valence-electron chi connectivity index (χ0n) is 15.8. The minimum Gasteiger partial charge on any atom is -0.481 e. The summed E-state index contributed by atoms with van der Waals surface area (Å²) in [5.41, 5.74) is 2.33. The minimum absolute atomic E-state index is 0. The van der Waals surface area contributed by atoms with Crippen molar-refractivity contribution < 1.29 is 14.7 Å². The molecule has 1 fully saturated rings. The number of carboxylic acids is 1. The van der Waals surface area contributed by atoms with Crippen LogP contribution in [0.4, 0.5) is 0 Å². The fraction of sp³-hybridized carbons (Fsp3) is 0.364. The molecule has 6 heteroatoms. The molecule has 0 spiro atoms. The number of carbonyl (C=O) groups is 1. The average Bonchev–Trinajstić information content (AvgIpc) is 2.72. The van der Waals surface area contributed by atoms with E-state index >= 15 is 0 Å². The molecule has 0 amide bonds. The van der Waals surface area contributed by atoms with Crippen molar-refractivity contribution in [3.63, 3.8) is 0 Å². The number of hydrogen-bond donors (Lipinski definition) is 1. The maximum atomic E-state index is 11.1. The van der Waals surface area contributed by atoms with Gasteiger partial charge in [0.05, 0.1) is 12.1 Å². The van der Waals surface area contributed by atoms with E-state index in [2.05, 4.69) is 34.3 Å². The van der Waals surface area contributed by atoms with E-state index in [1.807, 2.05) is 42.6 Å². The van der Waals surface area contributed by atoms with Gasteiger partial charge in [-0.3, -0.25) is 9.69 Å². The molecule has 0 aromatic heterocycles. The molecule has 1 atom stereocenters. The topological polar surface area (TPSA) is 62.1 Å². The standard InChI is InChI=1S/C22H26N2O3.ClH/c25-22(26)20-12-7-13-24(17-20)14-15-27-23-16-21(18-8-3-1-4-9-18)19-10-5-2-6-11-19;/h1-6,8-11,16,20-21H,7,12-15,17H2,(H,25,26);1H/t20-;/m1./s1. The lowest BCUT2D eigenvalue weighted by molar-refractivity contribution is -0.143. The Morgan fingerprint density at radius 1 is 1.14 bits per heavy atom. The van der Waals surface area contributed by atoms with Gasteiger partial charge in [0, 0.05) is 19.0 Å². The van der Waals surface area contributed by atoms with Crippen molar-refractivity contribution in [3.8, 4) is 0 Å². The molecule has 3 rings (SSSR count). The van der Waals surface area contributed by atoms with E-state index < -0.39 is 5.97 Å². The molecule has 1 N–H and O–H groups in total. The van der Waals surface area contributed by atoms with Gasteiger partial charge in [-0.05, 0) is 30.5 Å². The van der Waals surface area contributed by atoms with E-state index in [1.165, 1.54) is 0 Å². The van der Waals surface area contributed by atoms with Crippen molar-refractivity contribution in [2.24, 2.45) is 11.1 Å². The summed E-state index contributed by atoms with van der Waals surface area (Å²) in [5, 5.41) is 13.4. The van der Waals surface area contributed by atoms with Gasteiger partial charge in [-0.1, -0.05) is 65.8 Å². The monoisotopic (exact) mass is 402 g/mol. The molecule has 0 radical (unpaired) electrons. The third-order valence-corrected chi connectivity index (χ3v) is 4.96. The molecule has 28 heavy (non-hydrogen) atoms. The van der Waals surface area contributed by atoms with Crippen molar-refractivity contribution in [1.29, 1.82) is 0 Å². The summed E-state index contributed by atoms with van der Waals surface area (Å²) in [4.78, 5) is 18.8. The van der Waals surface area contributed by atoms with Crippen molar-refractivity contribution in [2.45, 2.75) is 18.8 Å². The first-order valence-electron chi connectivity index (χ1n) is 9.44. The summed E-state index contributed by atoms with van der Waals surface area (Å²) in [6.45, 7) is 2.67. The maximum Gasteiger partial charge on any atom is 0.307 e. The molecular formula is C22H27ClN2O3. The van der Waals surface area contributed by atoms with E-state index in [1.54, 1.807) is 0 Å². The van der Waals surface area contributed by atoms with Crippen LogP contribution in [0.2, 0.25) is 0 Å². The number of oxime groups is 1. The highest BCUT2D eigenvalue weighted by Gasteiger charge is 2.24. The molecule has 1 aliphatic rings. The smallest absolute Gasteiger partial charge is 0.307 e. The fourth-order valence-corrected chi connectivity index (χ4v) is 3.47. The molecule has 0 saturated carbocycles. The summed E-state index contributed by atoms with van der Waals surface area (Å²) in [5.74, 6) is -0.922. The summed E-state index contributed by atoms with van der Waals surface area (Å²) in [7, 11) is 0. The molecule has 0 bridgehead atoms. The van der Waals surface area contributed by atoms with E-state index in [0.29, 0.717) is 19.7 Å². The molecule has 150 valence electrons. The van der Waals surface area contributed by atoms with Gasteiger partial charge >= 0.3 is 5.97 Å². The van der Waals surface area contributed by atoms with Gasteiger partial charge in [0.15, 0.2) is 0 Å². The van der Waals surface area contributed by atoms with Crippen molar-refractivity contribution >= 4 is 24.6 Å². The Balaban J connectivity index is 0.00000280. The van der Waals surface area contributed by atoms with Gasteiger partial charge < -0.3 is 9.94 Å². The summed E-state index contributed by atoms with van der Waals surface area (Å²) in [6.07, 6.45) is 3.52. The lowest BCUT2D eigenvalue weighted by atomic mass is 9.92. The number of benzene rings is 2. The van der Waals surface area contributed by atoms with Crippen molar-refractivity contribution in [3.05, 3.63) is 71.8 Å². The van der Waals surface area contributed by atoms with E-state index in [9.17, 15) is 4.79 Å². The first-order valence-corrected chi connectivity index (χ1v) is 9.44. The van der Waals surface area contributed by atoms with E-state index in [-0.39, 0.29) is 24.2 Å². The largest absolute Gasteiger partial charge is 0.481 e. The van der Waals surface area contributed by atoms with E-state index in [0.717, 1.165) is 30.5 Å². The van der Waals surface area contributed by atoms with Gasteiger partial charge in [0.1, 0.15) is 6.61 Å². The van der Waals surface area contributed by atoms with Crippen LogP contribution in [0.15, 0.2) is 65.8 Å². The van der Waals surface area contributed by atoms with Crippen molar-refractivity contribution in [1.82, 2.24) is 4.90 Å². The van der Waals surface area contributed by atoms with Crippen LogP contribution in [-0.2, 0) is 9.63 Å². The van der Waals surface area contributed by atoms with Gasteiger partial charge in [-0.25, -0.2) is 0 Å². The van der Waals surface area contributed by atoms with Crippen LogP contribution in [0.3, 0.4) is 0 Å². The summed E-state index contributed by atoms with van der Waals surface area (Å²) < 4.78 is 0. The SMILES string of the molecule is Cl.O=C(O)[C@@H]1CCCN(CCON=CC(c2ccccc2)c2ccccc2)C1. The normalized spacial score (nSPS) is 17.4. The Labute approximate surface area is 172 Å². The van der Waals surface area contributed by atoms with Crippen LogP contribution in [0, 0.1) is 5.92 Å². The molecule has 0 aliphatic carbocycles. The van der Waals surface area contributed by atoms with Gasteiger partial charge in [0.2, 0.25) is 0 Å². The lowest BCUT2D eigenvalue weighted by Gasteiger charge is -2.29. The second-order valence-electron chi connectivity index (χ2n) is 6.86. The quantitative estimate of drug-likeness (QED) is 0.411. The van der Waals surface area contributed by atoms with Crippen LogP contribution in [0.1, 0.15) is 29.9 Å². The van der Waals surface area contributed by atoms with Crippen LogP contribution in [0.5, 0.6) is 0 Å². The van der Waals surface area contributed by atoms with Crippen molar-refractivity contribution in [2.75, 3.05) is 26.2 Å². The predicted octanol–water partition coefficient (Wildman–Crippen LogP) is 4.04. The first-order chi connectivity index (χ1) is 13.2. The third kappa shape index (κ3) is 6.36. The van der Waals surface area contributed by atoms with Crippen LogP contribution < -0.4 is 0 Å². The van der Waals surface area contributed by atoms with Crippen LogP contribution in [0.25, 0.3) is 0 Å². The molecule has 1 aliphatic heterocycles. The number of aliphatic carboxylic acids is 1. The molecule has 0 unspecified atom stereocenters. The fourth-order valence-electron chi connectivity index (χ4n) is 3.47. The highest BCUT2D eigenvalue weighted by atomic mass is 35.5. The van der Waals surface area contributed by atoms with Gasteiger partial charge in [-0.2, -0.15) is 0 Å². The number of piperidine rings is 1. The minimum atomic E-state index is -0.702. The average molecular weight is 403 g/mol. The molecule has 2 aromatic carbocycles. The Kier molecular flexibility index (Phi) is 8.98. The van der Waals surface area contributed by atoms with E-state index in [4.69, 9.17) is 9.94 Å². The van der Waals surface area contributed by atoms with Gasteiger partial charge in [-0.15, -0.1) is 12.4 Å². The highest BCUT2D eigenvalue weighted by molar-refractivity contribution is 5.85. The second-order valence-corrected chi connectivity index (χ2v) is 6.86. The maximum absolute atomic E-state index is 11.1.